The highest BCUT2D eigenvalue weighted by molar-refractivity contribution is 6.36. The topological polar surface area (TPSA) is 77.8 Å². The lowest BCUT2D eigenvalue weighted by Crippen LogP contribution is -2.11. The summed E-state index contributed by atoms with van der Waals surface area (Å²) in [5.74, 6) is 0.911. The van der Waals surface area contributed by atoms with E-state index in [0.717, 1.165) is 5.56 Å². The van der Waals surface area contributed by atoms with Crippen molar-refractivity contribution >= 4 is 40.6 Å². The van der Waals surface area contributed by atoms with E-state index in [-0.39, 0.29) is 6.54 Å². The predicted molar refractivity (Wildman–Crippen MR) is 104 cm³/mol. The number of hydrogen-bond acceptors (Lipinski definition) is 4. The highest BCUT2D eigenvalue weighted by Crippen LogP contribution is 2.33. The number of nitrogens with zero attached hydrogens (tertiary/aromatic N) is 2. The Bertz CT molecular complexity index is 928. The first-order chi connectivity index (χ1) is 12.0. The van der Waals surface area contributed by atoms with Gasteiger partial charge in [-0.2, -0.15) is 0 Å². The number of halogens is 3. The van der Waals surface area contributed by atoms with E-state index in [1.54, 1.807) is 18.2 Å². The van der Waals surface area contributed by atoms with Crippen LogP contribution >= 0.6 is 34.8 Å². The third-order valence-electron chi connectivity index (χ3n) is 3.73. The number of rotatable bonds is 4. The van der Waals surface area contributed by atoms with Gasteiger partial charge in [0.15, 0.2) is 0 Å². The maximum atomic E-state index is 6.33. The Hall–Kier alpha value is -1.85. The van der Waals surface area contributed by atoms with Crippen molar-refractivity contribution in [2.75, 3.05) is 5.73 Å². The highest BCUT2D eigenvalue weighted by Gasteiger charge is 2.16. The van der Waals surface area contributed by atoms with Gasteiger partial charge in [-0.05, 0) is 35.9 Å². The Labute approximate surface area is 160 Å². The molecule has 0 amide bonds. The predicted octanol–water partition coefficient (Wildman–Crippen LogP) is 4.74. The zero-order valence-electron chi connectivity index (χ0n) is 13.1. The van der Waals surface area contributed by atoms with Gasteiger partial charge in [-0.15, -0.1) is 0 Å². The fourth-order valence-corrected chi connectivity index (χ4v) is 3.27. The first kappa shape index (κ1) is 18.0. The molecule has 0 unspecified atom stereocenters. The van der Waals surface area contributed by atoms with Gasteiger partial charge in [0.1, 0.15) is 11.6 Å². The van der Waals surface area contributed by atoms with Crippen LogP contribution in [0.2, 0.25) is 15.1 Å². The Morgan fingerprint density at radius 3 is 2.36 bits per heavy atom. The molecule has 7 heteroatoms. The van der Waals surface area contributed by atoms with E-state index in [1.165, 1.54) is 0 Å². The Morgan fingerprint density at radius 1 is 0.920 bits per heavy atom. The van der Waals surface area contributed by atoms with Crippen molar-refractivity contribution in [1.29, 1.82) is 0 Å². The molecular formula is C18H15Cl3N4. The van der Waals surface area contributed by atoms with Gasteiger partial charge in [0, 0.05) is 34.1 Å². The fraction of sp³-hybridized carbons (Fsp3) is 0.111. The normalized spacial score (nSPS) is 10.9. The van der Waals surface area contributed by atoms with Crippen LogP contribution in [0.4, 0.5) is 5.82 Å². The molecule has 1 heterocycles. The minimum absolute atomic E-state index is 0.206. The van der Waals surface area contributed by atoms with E-state index in [2.05, 4.69) is 9.97 Å². The van der Waals surface area contributed by atoms with Gasteiger partial charge in [-0.3, -0.25) is 0 Å². The van der Waals surface area contributed by atoms with Crippen LogP contribution in [0.25, 0.3) is 11.3 Å². The van der Waals surface area contributed by atoms with Gasteiger partial charge in [0.2, 0.25) is 0 Å². The first-order valence-electron chi connectivity index (χ1n) is 7.53. The first-order valence-corrected chi connectivity index (χ1v) is 8.66. The lowest BCUT2D eigenvalue weighted by Gasteiger charge is -2.13. The van der Waals surface area contributed by atoms with Crippen LogP contribution in [0.3, 0.4) is 0 Å². The van der Waals surface area contributed by atoms with Gasteiger partial charge in [0.25, 0.3) is 0 Å². The fourth-order valence-electron chi connectivity index (χ4n) is 2.56. The van der Waals surface area contributed by atoms with Crippen LogP contribution in [-0.2, 0) is 13.0 Å². The number of aromatic nitrogens is 2. The molecule has 0 aliphatic carbocycles. The molecule has 2 aromatic carbocycles. The number of nitrogen functional groups attached to an aromatic ring is 1. The van der Waals surface area contributed by atoms with Crippen molar-refractivity contribution in [3.05, 3.63) is 74.5 Å². The summed E-state index contributed by atoms with van der Waals surface area (Å²) in [7, 11) is 0. The smallest absolute Gasteiger partial charge is 0.135 e. The summed E-state index contributed by atoms with van der Waals surface area (Å²) >= 11 is 18.4. The second kappa shape index (κ2) is 7.58. The van der Waals surface area contributed by atoms with Crippen LogP contribution in [0.1, 0.15) is 17.0 Å². The average Bonchev–Trinajstić information content (AvgIpc) is 2.54. The summed E-state index contributed by atoms with van der Waals surface area (Å²) in [6, 6.07) is 12.7. The zero-order chi connectivity index (χ0) is 18.0. The molecule has 0 spiro atoms. The average molecular weight is 394 g/mol. The lowest BCUT2D eigenvalue weighted by atomic mass is 10.1. The maximum Gasteiger partial charge on any atom is 0.135 e. The molecule has 0 aliphatic rings. The maximum absolute atomic E-state index is 6.33. The number of nitrogens with two attached hydrogens (primary N) is 2. The van der Waals surface area contributed by atoms with Crippen molar-refractivity contribution in [2.45, 2.75) is 13.0 Å². The molecule has 3 aromatic rings. The van der Waals surface area contributed by atoms with E-state index in [9.17, 15) is 0 Å². The van der Waals surface area contributed by atoms with Crippen LogP contribution in [0.5, 0.6) is 0 Å². The second-order valence-corrected chi connectivity index (χ2v) is 6.77. The molecule has 4 N–H and O–H groups in total. The Kier molecular flexibility index (Phi) is 5.45. The van der Waals surface area contributed by atoms with Crippen LogP contribution in [-0.4, -0.2) is 9.97 Å². The van der Waals surface area contributed by atoms with E-state index in [0.29, 0.717) is 50.0 Å². The number of benzene rings is 2. The summed E-state index contributed by atoms with van der Waals surface area (Å²) in [6.45, 7) is 0.206. The standard InChI is InChI=1S/C18H15Cl3N4/c19-11-3-1-2-10(6-11)7-16-24-17(14(9-22)18(23)25-16)13-5-4-12(20)8-15(13)21/h1-6,8H,7,9,22H2,(H2,23,24,25). The third kappa shape index (κ3) is 4.05. The molecule has 0 saturated heterocycles. The summed E-state index contributed by atoms with van der Waals surface area (Å²) in [5.41, 5.74) is 14.9. The van der Waals surface area contributed by atoms with E-state index < -0.39 is 0 Å². The molecule has 0 atom stereocenters. The van der Waals surface area contributed by atoms with Crippen molar-refractivity contribution in [1.82, 2.24) is 9.97 Å². The molecule has 0 bridgehead atoms. The minimum atomic E-state index is 0.206. The molecule has 4 nitrogen and oxygen atoms in total. The lowest BCUT2D eigenvalue weighted by molar-refractivity contribution is 0.940. The molecule has 0 fully saturated rings. The molecule has 0 radical (unpaired) electrons. The molecular weight excluding hydrogens is 379 g/mol. The number of anilines is 1. The van der Waals surface area contributed by atoms with Crippen molar-refractivity contribution in [2.24, 2.45) is 5.73 Å². The molecule has 0 aliphatic heterocycles. The number of hydrogen-bond donors (Lipinski definition) is 2. The van der Waals surface area contributed by atoms with Gasteiger partial charge in [0.05, 0.1) is 10.7 Å². The summed E-state index contributed by atoms with van der Waals surface area (Å²) < 4.78 is 0. The van der Waals surface area contributed by atoms with Gasteiger partial charge >= 0.3 is 0 Å². The minimum Gasteiger partial charge on any atom is -0.383 e. The van der Waals surface area contributed by atoms with Gasteiger partial charge < -0.3 is 11.5 Å². The van der Waals surface area contributed by atoms with Crippen LogP contribution < -0.4 is 11.5 Å². The Balaban J connectivity index is 2.09. The summed E-state index contributed by atoms with van der Waals surface area (Å²) in [6.07, 6.45) is 0.494. The van der Waals surface area contributed by atoms with Crippen LogP contribution in [0, 0.1) is 0 Å². The molecule has 25 heavy (non-hydrogen) atoms. The molecule has 128 valence electrons. The third-order valence-corrected chi connectivity index (χ3v) is 4.51. The van der Waals surface area contributed by atoms with Gasteiger partial charge in [-0.25, -0.2) is 9.97 Å². The van der Waals surface area contributed by atoms with Crippen molar-refractivity contribution < 1.29 is 0 Å². The van der Waals surface area contributed by atoms with E-state index >= 15 is 0 Å². The molecule has 1 aromatic heterocycles. The van der Waals surface area contributed by atoms with E-state index in [4.69, 9.17) is 46.3 Å². The molecule has 0 saturated carbocycles. The zero-order valence-corrected chi connectivity index (χ0v) is 15.4. The Morgan fingerprint density at radius 2 is 1.68 bits per heavy atom. The second-order valence-electron chi connectivity index (χ2n) is 5.49. The largest absolute Gasteiger partial charge is 0.383 e. The van der Waals surface area contributed by atoms with E-state index in [1.807, 2.05) is 24.3 Å². The monoisotopic (exact) mass is 392 g/mol. The van der Waals surface area contributed by atoms with Gasteiger partial charge in [-0.1, -0.05) is 46.9 Å². The van der Waals surface area contributed by atoms with Crippen LogP contribution in [0.15, 0.2) is 42.5 Å². The highest BCUT2D eigenvalue weighted by atomic mass is 35.5. The SMILES string of the molecule is NCc1c(N)nc(Cc2cccc(Cl)c2)nc1-c1ccc(Cl)cc1Cl. The quantitative estimate of drug-likeness (QED) is 0.671. The summed E-state index contributed by atoms with van der Waals surface area (Å²) in [4.78, 5) is 9.03. The molecule has 3 rings (SSSR count). The summed E-state index contributed by atoms with van der Waals surface area (Å²) in [5, 5.41) is 1.68. The van der Waals surface area contributed by atoms with Crippen molar-refractivity contribution in [3.8, 4) is 11.3 Å². The van der Waals surface area contributed by atoms with Crippen molar-refractivity contribution in [3.63, 3.8) is 0 Å².